The molecule has 6 rings (SSSR count). The van der Waals surface area contributed by atoms with Gasteiger partial charge in [-0.15, -0.1) is 11.3 Å². The maximum Gasteiger partial charge on any atom is 0.262 e. The Morgan fingerprint density at radius 1 is 1.19 bits per heavy atom. The minimum absolute atomic E-state index is 0.0619. The molecule has 1 saturated heterocycles. The fourth-order valence-electron chi connectivity index (χ4n) is 6.29. The molecule has 2 aliphatic rings. The standard InChI is InChI=1S/C32H34N6O4S/c1-3-24(39)38-14-6-7-18(16-38)37-31(41)29-26-25-21(11-12-22(33)28(25)43-29)32(35,30(40)27(26)34)20-10-9-19(15-17(20)2)42-23-8-4-5-13-36-23/h4-5,8-13,15,18,27H,3,6-7,14,16,33-35H2,1-2H3,(H,37,41). The molecule has 3 atom stereocenters. The molecule has 10 nitrogen and oxygen atoms in total. The van der Waals surface area contributed by atoms with Crippen molar-refractivity contribution in [2.45, 2.75) is 50.7 Å². The van der Waals surface area contributed by atoms with Crippen molar-refractivity contribution in [1.82, 2.24) is 15.2 Å². The fraction of sp³-hybridized carbons (Fsp3) is 0.312. The Labute approximate surface area is 253 Å². The van der Waals surface area contributed by atoms with Crippen molar-refractivity contribution >= 4 is 44.7 Å². The number of aromatic nitrogens is 1. The number of hydrogen-bond donors (Lipinski definition) is 4. The number of ether oxygens (including phenoxy) is 1. The van der Waals surface area contributed by atoms with Gasteiger partial charge in [0.1, 0.15) is 11.3 Å². The van der Waals surface area contributed by atoms with E-state index in [1.807, 2.05) is 26.0 Å². The number of ketones is 1. The van der Waals surface area contributed by atoms with Crippen molar-refractivity contribution in [2.75, 3.05) is 18.8 Å². The maximum atomic E-state index is 14.2. The first-order chi connectivity index (χ1) is 20.6. The van der Waals surface area contributed by atoms with E-state index in [0.29, 0.717) is 68.5 Å². The van der Waals surface area contributed by atoms with Gasteiger partial charge < -0.3 is 32.2 Å². The Bertz CT molecular complexity index is 1760. The van der Waals surface area contributed by atoms with E-state index in [2.05, 4.69) is 10.3 Å². The summed E-state index contributed by atoms with van der Waals surface area (Å²) in [7, 11) is 0. The number of thiophene rings is 1. The largest absolute Gasteiger partial charge is 0.439 e. The van der Waals surface area contributed by atoms with Gasteiger partial charge in [0.15, 0.2) is 5.78 Å². The lowest BCUT2D eigenvalue weighted by atomic mass is 9.69. The third kappa shape index (κ3) is 4.83. The van der Waals surface area contributed by atoms with E-state index >= 15 is 0 Å². The van der Waals surface area contributed by atoms with Gasteiger partial charge in [-0.05, 0) is 60.7 Å². The molecule has 1 aliphatic carbocycles. The number of carbonyl (C=O) groups is 3. The first-order valence-corrected chi connectivity index (χ1v) is 15.2. The summed E-state index contributed by atoms with van der Waals surface area (Å²) in [6.45, 7) is 4.82. The summed E-state index contributed by atoms with van der Waals surface area (Å²) in [5, 5.41) is 3.73. The zero-order valence-corrected chi connectivity index (χ0v) is 24.9. The smallest absolute Gasteiger partial charge is 0.262 e. The van der Waals surface area contributed by atoms with E-state index < -0.39 is 17.4 Å². The number of pyridine rings is 1. The van der Waals surface area contributed by atoms with E-state index in [4.69, 9.17) is 21.9 Å². The molecule has 11 heteroatoms. The van der Waals surface area contributed by atoms with Gasteiger partial charge in [0.05, 0.1) is 15.6 Å². The van der Waals surface area contributed by atoms with Crippen LogP contribution in [0.4, 0.5) is 5.69 Å². The van der Waals surface area contributed by atoms with Crippen LogP contribution in [0.15, 0.2) is 54.7 Å². The number of likely N-dealkylation sites (tertiary alicyclic amines) is 1. The quantitative estimate of drug-likeness (QED) is 0.243. The number of nitrogens with one attached hydrogen (secondary N) is 1. The number of carbonyl (C=O) groups excluding carboxylic acids is 3. The van der Waals surface area contributed by atoms with Crippen molar-refractivity contribution in [2.24, 2.45) is 11.5 Å². The van der Waals surface area contributed by atoms with Crippen LogP contribution in [0.2, 0.25) is 0 Å². The van der Waals surface area contributed by atoms with Gasteiger partial charge in [0.2, 0.25) is 11.8 Å². The molecule has 0 spiro atoms. The van der Waals surface area contributed by atoms with Gasteiger partial charge in [-0.25, -0.2) is 4.98 Å². The van der Waals surface area contributed by atoms with Crippen LogP contribution >= 0.6 is 11.3 Å². The molecular formula is C32H34N6O4S. The highest BCUT2D eigenvalue weighted by Crippen LogP contribution is 2.50. The molecule has 4 aromatic rings. The highest BCUT2D eigenvalue weighted by Gasteiger charge is 2.49. The van der Waals surface area contributed by atoms with Crippen molar-refractivity contribution in [1.29, 1.82) is 0 Å². The molecule has 43 heavy (non-hydrogen) atoms. The minimum Gasteiger partial charge on any atom is -0.439 e. The van der Waals surface area contributed by atoms with Crippen molar-refractivity contribution in [3.05, 3.63) is 81.9 Å². The monoisotopic (exact) mass is 598 g/mol. The summed E-state index contributed by atoms with van der Waals surface area (Å²) in [4.78, 5) is 46.5. The van der Waals surface area contributed by atoms with Crippen LogP contribution < -0.4 is 27.3 Å². The second-order valence-electron chi connectivity index (χ2n) is 11.2. The van der Waals surface area contributed by atoms with Crippen molar-refractivity contribution in [3.63, 3.8) is 0 Å². The van der Waals surface area contributed by atoms with Gasteiger partial charge in [0, 0.05) is 54.5 Å². The Morgan fingerprint density at radius 2 is 1.98 bits per heavy atom. The summed E-state index contributed by atoms with van der Waals surface area (Å²) in [5.74, 6) is 0.303. The van der Waals surface area contributed by atoms with Gasteiger partial charge in [-0.2, -0.15) is 0 Å². The highest BCUT2D eigenvalue weighted by molar-refractivity contribution is 7.21. The van der Waals surface area contributed by atoms with Crippen molar-refractivity contribution < 1.29 is 19.1 Å². The van der Waals surface area contributed by atoms with Gasteiger partial charge >= 0.3 is 0 Å². The molecule has 2 aromatic heterocycles. The van der Waals surface area contributed by atoms with Crippen LogP contribution in [0.1, 0.15) is 64.2 Å². The van der Waals surface area contributed by atoms with Crippen LogP contribution in [-0.2, 0) is 15.1 Å². The molecule has 3 unspecified atom stereocenters. The third-order valence-corrected chi connectivity index (χ3v) is 9.67. The molecule has 7 N–H and O–H groups in total. The number of nitrogens with zero attached hydrogens (tertiary/aromatic N) is 2. The van der Waals surface area contributed by atoms with Crippen molar-refractivity contribution in [3.8, 4) is 11.6 Å². The number of rotatable bonds is 6. The predicted molar refractivity (Wildman–Crippen MR) is 166 cm³/mol. The topological polar surface area (TPSA) is 167 Å². The molecule has 0 saturated carbocycles. The van der Waals surface area contributed by atoms with Crippen LogP contribution in [-0.4, -0.2) is 46.6 Å². The summed E-state index contributed by atoms with van der Waals surface area (Å²) in [5.41, 5.74) is 21.3. The second kappa shape index (κ2) is 11.1. The number of nitrogens with two attached hydrogens (primary N) is 3. The molecule has 2 amide bonds. The van der Waals surface area contributed by atoms with Crippen LogP contribution in [0.3, 0.4) is 0 Å². The number of benzene rings is 2. The average Bonchev–Trinajstić information content (AvgIpc) is 3.42. The number of nitrogen functional groups attached to an aromatic ring is 1. The lowest BCUT2D eigenvalue weighted by Gasteiger charge is -2.37. The molecule has 2 aromatic carbocycles. The number of Topliss-reactive ketones (excluding diaryl/α,β-unsaturated/α-hetero) is 1. The Kier molecular flexibility index (Phi) is 7.41. The number of hydrogen-bond acceptors (Lipinski definition) is 9. The van der Waals surface area contributed by atoms with Gasteiger partial charge in [-0.1, -0.05) is 25.1 Å². The average molecular weight is 599 g/mol. The van der Waals surface area contributed by atoms with E-state index in [0.717, 1.165) is 18.4 Å². The molecule has 0 bridgehead atoms. The van der Waals surface area contributed by atoms with E-state index in [9.17, 15) is 14.4 Å². The van der Waals surface area contributed by atoms with Crippen LogP contribution in [0, 0.1) is 6.92 Å². The van der Waals surface area contributed by atoms with E-state index in [-0.39, 0.29) is 17.9 Å². The number of anilines is 1. The predicted octanol–water partition coefficient (Wildman–Crippen LogP) is 3.89. The number of piperidine rings is 1. The van der Waals surface area contributed by atoms with Crippen LogP contribution in [0.25, 0.3) is 10.1 Å². The summed E-state index contributed by atoms with van der Waals surface area (Å²) < 4.78 is 6.55. The lowest BCUT2D eigenvalue weighted by molar-refractivity contribution is -0.132. The first-order valence-electron chi connectivity index (χ1n) is 14.4. The normalized spacial score (nSPS) is 21.6. The summed E-state index contributed by atoms with van der Waals surface area (Å²) in [6.07, 6.45) is 3.61. The zero-order valence-electron chi connectivity index (χ0n) is 24.1. The second-order valence-corrected chi connectivity index (χ2v) is 12.2. The Morgan fingerprint density at radius 3 is 2.70 bits per heavy atom. The van der Waals surface area contributed by atoms with E-state index in [1.54, 1.807) is 47.5 Å². The Hall–Kier alpha value is -4.32. The highest BCUT2D eigenvalue weighted by atomic mass is 32.1. The zero-order chi connectivity index (χ0) is 30.5. The van der Waals surface area contributed by atoms with Crippen LogP contribution in [0.5, 0.6) is 11.6 Å². The molecular weight excluding hydrogens is 564 g/mol. The van der Waals surface area contributed by atoms with Gasteiger partial charge in [0.25, 0.3) is 5.91 Å². The number of aryl methyl sites for hydroxylation is 1. The third-order valence-electron chi connectivity index (χ3n) is 8.41. The number of amides is 2. The summed E-state index contributed by atoms with van der Waals surface area (Å²) in [6, 6.07) is 12.8. The fourth-order valence-corrected chi connectivity index (χ4v) is 7.50. The lowest BCUT2D eigenvalue weighted by Crippen LogP contribution is -2.53. The molecule has 222 valence electrons. The summed E-state index contributed by atoms with van der Waals surface area (Å²) >= 11 is 1.21. The van der Waals surface area contributed by atoms with Gasteiger partial charge in [-0.3, -0.25) is 14.4 Å². The molecule has 0 radical (unpaired) electrons. The minimum atomic E-state index is -1.58. The SMILES string of the molecule is CCC(=O)N1CCCC(NC(=O)c2sc3c(N)ccc4c3c2C(N)C(=O)C4(N)c2ccc(Oc3ccccn3)cc2C)C1. The molecule has 1 fully saturated rings. The molecule has 1 aliphatic heterocycles. The Balaban J connectivity index is 1.39. The first kappa shape index (κ1) is 28.8. The molecule has 3 heterocycles. The maximum absolute atomic E-state index is 14.2. The van der Waals surface area contributed by atoms with E-state index in [1.165, 1.54) is 11.3 Å².